The van der Waals surface area contributed by atoms with Crippen LogP contribution in [0.3, 0.4) is 0 Å². The van der Waals surface area contributed by atoms with Crippen LogP contribution in [0.1, 0.15) is 26.2 Å². The van der Waals surface area contributed by atoms with Gasteiger partial charge >= 0.3 is 0 Å². The van der Waals surface area contributed by atoms with Crippen molar-refractivity contribution in [2.45, 2.75) is 32.2 Å². The number of carbonyl (C=O) groups is 1. The molecule has 0 aliphatic carbocycles. The molecule has 1 fully saturated rings. The first kappa shape index (κ1) is 11.5. The molecular weight excluding hydrogens is 180 g/mol. The van der Waals surface area contributed by atoms with E-state index in [2.05, 4.69) is 17.6 Å². The monoisotopic (exact) mass is 200 g/mol. The minimum absolute atomic E-state index is 0.0702. The summed E-state index contributed by atoms with van der Waals surface area (Å²) >= 11 is 0. The van der Waals surface area contributed by atoms with E-state index in [9.17, 15) is 4.79 Å². The molecule has 1 aliphatic rings. The van der Waals surface area contributed by atoms with Crippen LogP contribution in [0.25, 0.3) is 0 Å². The SMILES string of the molecule is CCCCCNC(=O)C1COCCN1. The van der Waals surface area contributed by atoms with Crippen molar-refractivity contribution in [1.29, 1.82) is 0 Å². The third-order valence-electron chi connectivity index (χ3n) is 2.32. The van der Waals surface area contributed by atoms with E-state index >= 15 is 0 Å². The van der Waals surface area contributed by atoms with Crippen LogP contribution in [-0.4, -0.2) is 38.3 Å². The highest BCUT2D eigenvalue weighted by Gasteiger charge is 2.20. The molecule has 1 rings (SSSR count). The number of ether oxygens (including phenoxy) is 1. The van der Waals surface area contributed by atoms with E-state index in [0.29, 0.717) is 13.2 Å². The predicted molar refractivity (Wildman–Crippen MR) is 55.1 cm³/mol. The maximum Gasteiger partial charge on any atom is 0.239 e. The maximum atomic E-state index is 11.5. The highest BCUT2D eigenvalue weighted by Crippen LogP contribution is 1.94. The standard InChI is InChI=1S/C10H20N2O2/c1-2-3-4-5-12-10(13)9-8-14-7-6-11-9/h9,11H,2-8H2,1H3,(H,12,13). The largest absolute Gasteiger partial charge is 0.378 e. The van der Waals surface area contributed by atoms with Crippen molar-refractivity contribution >= 4 is 5.91 Å². The lowest BCUT2D eigenvalue weighted by atomic mass is 10.2. The van der Waals surface area contributed by atoms with E-state index in [1.807, 2.05) is 0 Å². The van der Waals surface area contributed by atoms with E-state index in [0.717, 1.165) is 19.5 Å². The van der Waals surface area contributed by atoms with Crippen LogP contribution in [0, 0.1) is 0 Å². The Morgan fingerprint density at radius 3 is 3.07 bits per heavy atom. The molecule has 2 N–H and O–H groups in total. The summed E-state index contributed by atoms with van der Waals surface area (Å²) in [5.74, 6) is 0.0702. The first-order valence-electron chi connectivity index (χ1n) is 5.43. The van der Waals surface area contributed by atoms with Gasteiger partial charge in [0.25, 0.3) is 0 Å². The van der Waals surface area contributed by atoms with Gasteiger partial charge in [-0.05, 0) is 6.42 Å². The van der Waals surface area contributed by atoms with Gasteiger partial charge in [0.05, 0.1) is 13.2 Å². The minimum Gasteiger partial charge on any atom is -0.378 e. The number of rotatable bonds is 5. The minimum atomic E-state index is -0.148. The fourth-order valence-corrected chi connectivity index (χ4v) is 1.44. The third kappa shape index (κ3) is 4.07. The van der Waals surface area contributed by atoms with E-state index in [-0.39, 0.29) is 11.9 Å². The van der Waals surface area contributed by atoms with Gasteiger partial charge in [-0.2, -0.15) is 0 Å². The predicted octanol–water partition coefficient (Wildman–Crippen LogP) is 0.281. The zero-order valence-electron chi connectivity index (χ0n) is 8.84. The molecule has 0 aromatic carbocycles. The van der Waals surface area contributed by atoms with Gasteiger partial charge in [-0.25, -0.2) is 0 Å². The number of morpholine rings is 1. The molecule has 4 nitrogen and oxygen atoms in total. The average Bonchev–Trinajstić information content (AvgIpc) is 2.25. The summed E-state index contributed by atoms with van der Waals surface area (Å²) in [6, 6.07) is -0.148. The molecule has 1 unspecified atom stereocenters. The van der Waals surface area contributed by atoms with Crippen molar-refractivity contribution in [1.82, 2.24) is 10.6 Å². The van der Waals surface area contributed by atoms with Crippen molar-refractivity contribution in [3.63, 3.8) is 0 Å². The second-order valence-corrected chi connectivity index (χ2v) is 3.58. The van der Waals surface area contributed by atoms with Crippen LogP contribution in [0.2, 0.25) is 0 Å². The van der Waals surface area contributed by atoms with Crippen molar-refractivity contribution in [3.05, 3.63) is 0 Å². The van der Waals surface area contributed by atoms with Crippen molar-refractivity contribution in [2.24, 2.45) is 0 Å². The Labute approximate surface area is 85.4 Å². The topological polar surface area (TPSA) is 50.4 Å². The van der Waals surface area contributed by atoms with Gasteiger partial charge in [-0.15, -0.1) is 0 Å². The van der Waals surface area contributed by atoms with Gasteiger partial charge in [0.2, 0.25) is 5.91 Å². The Morgan fingerprint density at radius 1 is 1.57 bits per heavy atom. The maximum absolute atomic E-state index is 11.5. The molecule has 0 spiro atoms. The van der Waals surface area contributed by atoms with Crippen LogP contribution in [0.5, 0.6) is 0 Å². The first-order valence-corrected chi connectivity index (χ1v) is 5.43. The van der Waals surface area contributed by atoms with Crippen molar-refractivity contribution < 1.29 is 9.53 Å². The van der Waals surface area contributed by atoms with Crippen molar-refractivity contribution in [2.75, 3.05) is 26.3 Å². The normalized spacial score (nSPS) is 21.9. The summed E-state index contributed by atoms with van der Waals surface area (Å²) in [4.78, 5) is 11.5. The van der Waals surface area contributed by atoms with Crippen molar-refractivity contribution in [3.8, 4) is 0 Å². The van der Waals surface area contributed by atoms with Gasteiger partial charge in [0.15, 0.2) is 0 Å². The lowest BCUT2D eigenvalue weighted by Crippen LogP contribution is -2.51. The first-order chi connectivity index (χ1) is 6.84. The van der Waals surface area contributed by atoms with Crippen LogP contribution >= 0.6 is 0 Å². The molecule has 0 bridgehead atoms. The van der Waals surface area contributed by atoms with E-state index in [1.165, 1.54) is 12.8 Å². The molecule has 0 aromatic rings. The zero-order chi connectivity index (χ0) is 10.2. The van der Waals surface area contributed by atoms with Gasteiger partial charge < -0.3 is 15.4 Å². The molecule has 1 amide bonds. The Bertz CT molecular complexity index is 168. The molecule has 0 aromatic heterocycles. The summed E-state index contributed by atoms with van der Waals surface area (Å²) in [5.41, 5.74) is 0. The number of nitrogens with one attached hydrogen (secondary N) is 2. The number of hydrogen-bond donors (Lipinski definition) is 2. The number of amides is 1. The van der Waals surface area contributed by atoms with E-state index in [4.69, 9.17) is 4.74 Å². The molecule has 0 saturated carbocycles. The molecule has 4 heteroatoms. The fourth-order valence-electron chi connectivity index (χ4n) is 1.44. The number of carbonyl (C=O) groups excluding carboxylic acids is 1. The lowest BCUT2D eigenvalue weighted by Gasteiger charge is -2.22. The third-order valence-corrected chi connectivity index (χ3v) is 2.32. The van der Waals surface area contributed by atoms with E-state index in [1.54, 1.807) is 0 Å². The van der Waals surface area contributed by atoms with Gasteiger partial charge in [0.1, 0.15) is 6.04 Å². The van der Waals surface area contributed by atoms with Crippen LogP contribution in [0.4, 0.5) is 0 Å². The highest BCUT2D eigenvalue weighted by atomic mass is 16.5. The summed E-state index contributed by atoms with van der Waals surface area (Å²) in [6.45, 7) is 4.91. The van der Waals surface area contributed by atoms with E-state index < -0.39 is 0 Å². The Kier molecular flexibility index (Phi) is 5.56. The fraction of sp³-hybridized carbons (Fsp3) is 0.900. The van der Waals surface area contributed by atoms with Gasteiger partial charge in [0, 0.05) is 13.1 Å². The molecular formula is C10H20N2O2. The second-order valence-electron chi connectivity index (χ2n) is 3.58. The molecule has 1 heterocycles. The summed E-state index contributed by atoms with van der Waals surface area (Å²) in [5, 5.41) is 6.03. The van der Waals surface area contributed by atoms with Crippen LogP contribution in [-0.2, 0) is 9.53 Å². The summed E-state index contributed by atoms with van der Waals surface area (Å²) in [7, 11) is 0. The Hall–Kier alpha value is -0.610. The lowest BCUT2D eigenvalue weighted by molar-refractivity contribution is -0.125. The smallest absolute Gasteiger partial charge is 0.239 e. The number of unbranched alkanes of at least 4 members (excludes halogenated alkanes) is 2. The second kappa shape index (κ2) is 6.79. The summed E-state index contributed by atoms with van der Waals surface area (Å²) < 4.78 is 5.21. The van der Waals surface area contributed by atoms with Gasteiger partial charge in [-0.1, -0.05) is 19.8 Å². The quantitative estimate of drug-likeness (QED) is 0.627. The molecule has 14 heavy (non-hydrogen) atoms. The van der Waals surface area contributed by atoms with Gasteiger partial charge in [-0.3, -0.25) is 4.79 Å². The number of hydrogen-bond acceptors (Lipinski definition) is 3. The Balaban J connectivity index is 2.07. The molecule has 1 atom stereocenters. The average molecular weight is 200 g/mol. The van der Waals surface area contributed by atoms with Crippen LogP contribution < -0.4 is 10.6 Å². The Morgan fingerprint density at radius 2 is 2.43 bits per heavy atom. The molecule has 1 saturated heterocycles. The molecule has 0 radical (unpaired) electrons. The summed E-state index contributed by atoms with van der Waals surface area (Å²) in [6.07, 6.45) is 3.42. The highest BCUT2D eigenvalue weighted by molar-refractivity contribution is 5.81. The molecule has 1 aliphatic heterocycles. The zero-order valence-corrected chi connectivity index (χ0v) is 8.84. The van der Waals surface area contributed by atoms with Crippen LogP contribution in [0.15, 0.2) is 0 Å². The molecule has 82 valence electrons.